The van der Waals surface area contributed by atoms with Crippen molar-refractivity contribution in [2.45, 2.75) is 44.0 Å². The second-order valence-electron chi connectivity index (χ2n) is 8.46. The maximum Gasteiger partial charge on any atom is 0.325 e. The van der Waals surface area contributed by atoms with Crippen molar-refractivity contribution in [3.05, 3.63) is 65.2 Å². The van der Waals surface area contributed by atoms with Gasteiger partial charge in [-0.1, -0.05) is 18.2 Å². The van der Waals surface area contributed by atoms with E-state index in [1.807, 2.05) is 29.0 Å². The third-order valence-electron chi connectivity index (χ3n) is 6.12. The molecule has 2 heterocycles. The Labute approximate surface area is 193 Å². The first-order chi connectivity index (χ1) is 15.5. The topological polar surface area (TPSA) is 51.5 Å². The Morgan fingerprint density at radius 2 is 2.00 bits per heavy atom. The minimum atomic E-state index is -0.584. The number of nitrogens with zero attached hydrogens (tertiary/aromatic N) is 2. The molecule has 2 aromatic rings. The number of halogens is 1. The smallest absolute Gasteiger partial charge is 0.325 e. The lowest BCUT2D eigenvalue weighted by atomic mass is 9.93. The van der Waals surface area contributed by atoms with Gasteiger partial charge in [0.25, 0.3) is 0 Å². The number of thiol groups is 1. The molecule has 0 bridgehead atoms. The number of carbonyl (C=O) groups excluding carboxylic acids is 2. The van der Waals surface area contributed by atoms with E-state index in [0.717, 1.165) is 30.5 Å². The van der Waals surface area contributed by atoms with Crippen LogP contribution in [0.15, 0.2) is 48.2 Å². The van der Waals surface area contributed by atoms with E-state index in [2.05, 4.69) is 4.90 Å². The van der Waals surface area contributed by atoms with Crippen LogP contribution in [0, 0.1) is 11.7 Å². The number of Topliss-reactive ketones (excluding diaryl/α,β-unsaturated/α-hetero) is 1. The Morgan fingerprint density at radius 3 is 2.72 bits per heavy atom. The van der Waals surface area contributed by atoms with Crippen LogP contribution in [0.5, 0.6) is 0 Å². The summed E-state index contributed by atoms with van der Waals surface area (Å²) in [4.78, 5) is 27.2. The van der Waals surface area contributed by atoms with Crippen LogP contribution in [0.3, 0.4) is 0 Å². The lowest BCUT2D eigenvalue weighted by Gasteiger charge is -2.37. The predicted octanol–water partition coefficient (Wildman–Crippen LogP) is 4.30. The molecule has 0 spiro atoms. The van der Waals surface area contributed by atoms with E-state index in [4.69, 9.17) is 17.4 Å². The quantitative estimate of drug-likeness (QED) is 0.475. The highest BCUT2D eigenvalue weighted by Crippen LogP contribution is 2.39. The highest BCUT2D eigenvalue weighted by Gasteiger charge is 2.40. The number of carbonyl (C=O) groups is 2. The molecule has 1 aromatic heterocycles. The summed E-state index contributed by atoms with van der Waals surface area (Å²) in [6, 6.07) is 9.83. The SMILES string of the molecule is CCOC(=O)Cn1cccc1/C=C1/CN(C(C(=O)C2CC2)c2ccccc2F)CCC1S. The molecule has 32 heavy (non-hydrogen) atoms. The standard InChI is InChI=1S/C25H29FN2O3S/c1-2-31-23(29)16-27-12-5-6-19(27)14-18-15-28(13-11-22(18)32)24(25(30)17-9-10-17)20-7-3-4-8-21(20)26/h3-8,12,14,17,22,24,32H,2,9-11,13,15-16H2,1H3/b18-14-. The summed E-state index contributed by atoms with van der Waals surface area (Å²) >= 11 is 4.77. The Morgan fingerprint density at radius 1 is 1.22 bits per heavy atom. The van der Waals surface area contributed by atoms with Crippen LogP contribution in [0.2, 0.25) is 0 Å². The number of ketones is 1. The van der Waals surface area contributed by atoms with Crippen LogP contribution in [0.25, 0.3) is 6.08 Å². The lowest BCUT2D eigenvalue weighted by molar-refractivity contribution is -0.143. The predicted molar refractivity (Wildman–Crippen MR) is 125 cm³/mol. The minimum Gasteiger partial charge on any atom is -0.465 e. The third kappa shape index (κ3) is 5.15. The van der Waals surface area contributed by atoms with Crippen molar-refractivity contribution in [1.82, 2.24) is 9.47 Å². The van der Waals surface area contributed by atoms with Crippen LogP contribution in [0.4, 0.5) is 4.39 Å². The molecule has 4 rings (SSSR count). The first kappa shape index (κ1) is 22.8. The van der Waals surface area contributed by atoms with E-state index in [1.54, 1.807) is 25.1 Å². The number of rotatable bonds is 8. The molecule has 1 saturated carbocycles. The molecule has 2 aliphatic rings. The van der Waals surface area contributed by atoms with Crippen molar-refractivity contribution < 1.29 is 18.7 Å². The Bertz CT molecular complexity index is 1010. The average Bonchev–Trinajstić information content (AvgIpc) is 3.54. The van der Waals surface area contributed by atoms with Gasteiger partial charge in [-0.3, -0.25) is 14.5 Å². The van der Waals surface area contributed by atoms with E-state index in [9.17, 15) is 14.0 Å². The molecule has 2 atom stereocenters. The van der Waals surface area contributed by atoms with Gasteiger partial charge in [0, 0.05) is 41.7 Å². The molecule has 1 aliphatic heterocycles. The van der Waals surface area contributed by atoms with E-state index < -0.39 is 6.04 Å². The summed E-state index contributed by atoms with van der Waals surface area (Å²) in [6.07, 6.45) is 6.41. The van der Waals surface area contributed by atoms with Gasteiger partial charge in [0.15, 0.2) is 5.78 Å². The van der Waals surface area contributed by atoms with E-state index in [1.165, 1.54) is 6.07 Å². The molecule has 0 N–H and O–H groups in total. The summed E-state index contributed by atoms with van der Waals surface area (Å²) in [6.45, 7) is 3.46. The minimum absolute atomic E-state index is 0.0302. The number of ether oxygens (including phenoxy) is 1. The maximum atomic E-state index is 14.7. The third-order valence-corrected chi connectivity index (χ3v) is 6.71. The van der Waals surface area contributed by atoms with Gasteiger partial charge in [-0.2, -0.15) is 12.6 Å². The van der Waals surface area contributed by atoms with Crippen molar-refractivity contribution in [3.63, 3.8) is 0 Å². The number of piperidine rings is 1. The molecule has 0 radical (unpaired) electrons. The zero-order valence-corrected chi connectivity index (χ0v) is 19.1. The molecule has 7 heteroatoms. The Hall–Kier alpha value is -2.38. The van der Waals surface area contributed by atoms with E-state index in [0.29, 0.717) is 25.3 Å². The fourth-order valence-electron chi connectivity index (χ4n) is 4.31. The van der Waals surface area contributed by atoms with Crippen LogP contribution >= 0.6 is 12.6 Å². The highest BCUT2D eigenvalue weighted by molar-refractivity contribution is 7.81. The largest absolute Gasteiger partial charge is 0.465 e. The molecule has 1 aliphatic carbocycles. The average molecular weight is 457 g/mol. The van der Waals surface area contributed by atoms with Crippen LogP contribution in [-0.2, 0) is 20.9 Å². The van der Waals surface area contributed by atoms with Gasteiger partial charge in [-0.25, -0.2) is 4.39 Å². The number of benzene rings is 1. The molecular formula is C25H29FN2O3S. The molecule has 170 valence electrons. The van der Waals surface area contributed by atoms with Crippen molar-refractivity contribution in [2.24, 2.45) is 5.92 Å². The zero-order valence-electron chi connectivity index (χ0n) is 18.2. The van der Waals surface area contributed by atoms with Crippen LogP contribution in [-0.4, -0.2) is 46.2 Å². The van der Waals surface area contributed by atoms with Gasteiger partial charge in [-0.05, 0) is 56.0 Å². The maximum absolute atomic E-state index is 14.7. The zero-order chi connectivity index (χ0) is 22.7. The van der Waals surface area contributed by atoms with Crippen LogP contribution < -0.4 is 0 Å². The molecule has 2 unspecified atom stereocenters. The van der Waals surface area contributed by atoms with Gasteiger partial charge < -0.3 is 9.30 Å². The van der Waals surface area contributed by atoms with E-state index >= 15 is 0 Å². The van der Waals surface area contributed by atoms with Gasteiger partial charge in [0.05, 0.1) is 12.6 Å². The Balaban J connectivity index is 1.60. The molecule has 1 aromatic carbocycles. The number of aromatic nitrogens is 1. The van der Waals surface area contributed by atoms with Crippen molar-refractivity contribution in [3.8, 4) is 0 Å². The van der Waals surface area contributed by atoms with Crippen molar-refractivity contribution in [2.75, 3.05) is 19.7 Å². The van der Waals surface area contributed by atoms with E-state index in [-0.39, 0.29) is 35.3 Å². The van der Waals surface area contributed by atoms with Crippen molar-refractivity contribution >= 4 is 30.5 Å². The first-order valence-corrected chi connectivity index (χ1v) is 11.7. The lowest BCUT2D eigenvalue weighted by Crippen LogP contribution is -2.42. The number of hydrogen-bond donors (Lipinski definition) is 1. The first-order valence-electron chi connectivity index (χ1n) is 11.2. The monoisotopic (exact) mass is 456 g/mol. The molecule has 5 nitrogen and oxygen atoms in total. The fourth-order valence-corrected chi connectivity index (χ4v) is 4.58. The summed E-state index contributed by atoms with van der Waals surface area (Å²) in [5, 5.41) is 0.0366. The second kappa shape index (κ2) is 10.0. The molecular weight excluding hydrogens is 427 g/mol. The normalized spacial score (nSPS) is 21.5. The number of hydrogen-bond acceptors (Lipinski definition) is 5. The highest BCUT2D eigenvalue weighted by atomic mass is 32.1. The summed E-state index contributed by atoms with van der Waals surface area (Å²) in [5.41, 5.74) is 2.38. The fraction of sp³-hybridized carbons (Fsp3) is 0.440. The second-order valence-corrected chi connectivity index (χ2v) is 9.08. The van der Waals surface area contributed by atoms with Crippen LogP contribution in [0.1, 0.15) is 43.5 Å². The van der Waals surface area contributed by atoms with Gasteiger partial charge in [0.1, 0.15) is 12.4 Å². The summed E-state index contributed by atoms with van der Waals surface area (Å²) in [5.74, 6) is -0.487. The van der Waals surface area contributed by atoms with Gasteiger partial charge >= 0.3 is 5.97 Å². The number of likely N-dealkylation sites (tertiary alicyclic amines) is 1. The van der Waals surface area contributed by atoms with Crippen molar-refractivity contribution in [1.29, 1.82) is 0 Å². The Kier molecular flexibility index (Phi) is 7.16. The summed E-state index contributed by atoms with van der Waals surface area (Å²) in [7, 11) is 0. The summed E-state index contributed by atoms with van der Waals surface area (Å²) < 4.78 is 21.6. The molecule has 1 saturated heterocycles. The molecule has 0 amide bonds. The number of esters is 1. The molecule has 2 fully saturated rings. The van der Waals surface area contributed by atoms with Gasteiger partial charge in [0.2, 0.25) is 0 Å². The van der Waals surface area contributed by atoms with Gasteiger partial charge in [-0.15, -0.1) is 0 Å².